The van der Waals surface area contributed by atoms with Crippen molar-refractivity contribution in [3.8, 4) is 0 Å². The molecule has 0 fully saturated rings. The van der Waals surface area contributed by atoms with Crippen LogP contribution in [0.5, 0.6) is 0 Å². The van der Waals surface area contributed by atoms with Crippen molar-refractivity contribution >= 4 is 17.8 Å². The van der Waals surface area contributed by atoms with Gasteiger partial charge in [-0.15, -0.1) is 0 Å². The number of nitrogens with two attached hydrogens (primary N) is 2. The quantitative estimate of drug-likeness (QED) is 0.696. The Balaban J connectivity index is 2.67. The van der Waals surface area contributed by atoms with Gasteiger partial charge >= 0.3 is 0 Å². The smallest absolute Gasteiger partial charge is 0.229 e. The topological polar surface area (TPSA) is 103 Å². The third-order valence-electron chi connectivity index (χ3n) is 3.05. The molecule has 6 heteroatoms. The monoisotopic (exact) mass is 224 g/mol. The van der Waals surface area contributed by atoms with Gasteiger partial charge in [0.05, 0.1) is 0 Å². The van der Waals surface area contributed by atoms with Crippen LogP contribution in [0.4, 0.5) is 17.8 Å². The first kappa shape index (κ1) is 12.5. The molecular formula is C10H20N6. The normalized spacial score (nSPS) is 11.4. The van der Waals surface area contributed by atoms with E-state index in [1.807, 2.05) is 0 Å². The van der Waals surface area contributed by atoms with Crippen LogP contribution in [0.1, 0.15) is 33.6 Å². The number of anilines is 3. The number of nitrogens with zero attached hydrogens (tertiary/aromatic N) is 3. The van der Waals surface area contributed by atoms with Gasteiger partial charge in [0.1, 0.15) is 0 Å². The molecule has 0 unspecified atom stereocenters. The summed E-state index contributed by atoms with van der Waals surface area (Å²) in [5, 5.41) is 3.15. The van der Waals surface area contributed by atoms with Gasteiger partial charge in [0.25, 0.3) is 0 Å². The number of hydrogen-bond acceptors (Lipinski definition) is 6. The molecule has 5 N–H and O–H groups in total. The Morgan fingerprint density at radius 3 is 2.00 bits per heavy atom. The molecule has 0 aliphatic heterocycles. The summed E-state index contributed by atoms with van der Waals surface area (Å²) in [7, 11) is 0. The van der Waals surface area contributed by atoms with E-state index in [1.54, 1.807) is 0 Å². The molecule has 0 bridgehead atoms. The number of aromatic nitrogens is 3. The minimum absolute atomic E-state index is 0.143. The zero-order valence-electron chi connectivity index (χ0n) is 10.1. The number of rotatable bonds is 5. The fourth-order valence-electron chi connectivity index (χ4n) is 1.28. The molecule has 16 heavy (non-hydrogen) atoms. The van der Waals surface area contributed by atoms with Crippen LogP contribution < -0.4 is 16.8 Å². The second-order valence-electron chi connectivity index (χ2n) is 4.25. The molecule has 0 spiro atoms. The van der Waals surface area contributed by atoms with E-state index in [4.69, 9.17) is 11.5 Å². The van der Waals surface area contributed by atoms with Crippen LogP contribution >= 0.6 is 0 Å². The van der Waals surface area contributed by atoms with Crippen molar-refractivity contribution in [1.29, 1.82) is 0 Å². The lowest BCUT2D eigenvalue weighted by molar-refractivity contribution is 0.320. The maximum Gasteiger partial charge on any atom is 0.229 e. The average Bonchev–Trinajstić information content (AvgIpc) is 2.25. The van der Waals surface area contributed by atoms with Crippen molar-refractivity contribution in [3.63, 3.8) is 0 Å². The molecule has 0 saturated heterocycles. The molecule has 0 amide bonds. The summed E-state index contributed by atoms with van der Waals surface area (Å²) in [5.41, 5.74) is 11.2. The second-order valence-corrected chi connectivity index (χ2v) is 4.25. The van der Waals surface area contributed by atoms with Gasteiger partial charge in [-0.25, -0.2) is 0 Å². The lowest BCUT2D eigenvalue weighted by atomic mass is 9.85. The number of hydrogen-bond donors (Lipinski definition) is 3. The molecule has 0 aliphatic rings. The maximum atomic E-state index is 5.48. The third-order valence-corrected chi connectivity index (χ3v) is 3.05. The van der Waals surface area contributed by atoms with Crippen LogP contribution in [0.15, 0.2) is 0 Å². The van der Waals surface area contributed by atoms with E-state index < -0.39 is 0 Å². The van der Waals surface area contributed by atoms with Gasteiger partial charge in [-0.3, -0.25) is 0 Å². The van der Waals surface area contributed by atoms with E-state index in [0.717, 1.165) is 19.4 Å². The van der Waals surface area contributed by atoms with Crippen molar-refractivity contribution in [1.82, 2.24) is 15.0 Å². The van der Waals surface area contributed by atoms with Gasteiger partial charge in [0, 0.05) is 6.54 Å². The predicted molar refractivity (Wildman–Crippen MR) is 65.8 cm³/mol. The SMILES string of the molecule is CCC(C)(CC)CNc1nc(N)nc(N)n1. The summed E-state index contributed by atoms with van der Waals surface area (Å²) < 4.78 is 0. The first-order valence-electron chi connectivity index (χ1n) is 5.50. The summed E-state index contributed by atoms with van der Waals surface area (Å²) >= 11 is 0. The second kappa shape index (κ2) is 4.96. The van der Waals surface area contributed by atoms with Crippen LogP contribution in [0, 0.1) is 5.41 Å². The molecule has 6 nitrogen and oxygen atoms in total. The van der Waals surface area contributed by atoms with Crippen molar-refractivity contribution in [2.45, 2.75) is 33.6 Å². The molecule has 0 radical (unpaired) electrons. The summed E-state index contributed by atoms with van der Waals surface area (Å²) in [5.74, 6) is 0.729. The summed E-state index contributed by atoms with van der Waals surface area (Å²) in [6.45, 7) is 7.35. The Morgan fingerprint density at radius 1 is 1.06 bits per heavy atom. The first-order valence-corrected chi connectivity index (χ1v) is 5.50. The third kappa shape index (κ3) is 3.22. The molecule has 1 aromatic heterocycles. The minimum Gasteiger partial charge on any atom is -0.368 e. The molecule has 90 valence electrons. The van der Waals surface area contributed by atoms with Crippen molar-refractivity contribution in [2.24, 2.45) is 5.41 Å². The molecule has 1 heterocycles. The van der Waals surface area contributed by atoms with Gasteiger partial charge in [-0.2, -0.15) is 15.0 Å². The number of nitrogen functional groups attached to an aromatic ring is 2. The van der Waals surface area contributed by atoms with Crippen LogP contribution in [0.3, 0.4) is 0 Å². The zero-order chi connectivity index (χ0) is 12.2. The standard InChI is InChI=1S/C10H20N6/c1-4-10(3,5-2)6-13-9-15-7(11)14-8(12)16-9/h4-6H2,1-3H3,(H5,11,12,13,14,15,16). The van der Waals surface area contributed by atoms with Gasteiger partial charge in [0.2, 0.25) is 17.8 Å². The van der Waals surface area contributed by atoms with E-state index in [9.17, 15) is 0 Å². The van der Waals surface area contributed by atoms with Gasteiger partial charge in [0.15, 0.2) is 0 Å². The zero-order valence-corrected chi connectivity index (χ0v) is 10.1. The summed E-state index contributed by atoms with van der Waals surface area (Å²) in [4.78, 5) is 11.7. The van der Waals surface area contributed by atoms with E-state index in [-0.39, 0.29) is 17.3 Å². The van der Waals surface area contributed by atoms with Crippen LogP contribution in [-0.2, 0) is 0 Å². The first-order chi connectivity index (χ1) is 7.49. The Hall–Kier alpha value is -1.59. The van der Waals surface area contributed by atoms with E-state index in [1.165, 1.54) is 0 Å². The Labute approximate surface area is 95.9 Å². The number of nitrogens with one attached hydrogen (secondary N) is 1. The van der Waals surface area contributed by atoms with Gasteiger partial charge in [-0.1, -0.05) is 20.8 Å². The average molecular weight is 224 g/mol. The largest absolute Gasteiger partial charge is 0.368 e. The van der Waals surface area contributed by atoms with Crippen molar-refractivity contribution in [3.05, 3.63) is 0 Å². The molecule has 0 aliphatic carbocycles. The molecule has 0 aromatic carbocycles. The highest BCUT2D eigenvalue weighted by atomic mass is 15.2. The molecule has 0 atom stereocenters. The molecule has 0 saturated carbocycles. The van der Waals surface area contributed by atoms with E-state index in [2.05, 4.69) is 41.0 Å². The van der Waals surface area contributed by atoms with Gasteiger partial charge < -0.3 is 16.8 Å². The maximum absolute atomic E-state index is 5.48. The molecule has 1 rings (SSSR count). The lowest BCUT2D eigenvalue weighted by Gasteiger charge is -2.26. The Bertz CT molecular complexity index is 327. The fraction of sp³-hybridized carbons (Fsp3) is 0.700. The van der Waals surface area contributed by atoms with Crippen molar-refractivity contribution in [2.75, 3.05) is 23.3 Å². The van der Waals surface area contributed by atoms with Crippen LogP contribution in [-0.4, -0.2) is 21.5 Å². The minimum atomic E-state index is 0.143. The highest BCUT2D eigenvalue weighted by Gasteiger charge is 2.19. The van der Waals surface area contributed by atoms with E-state index in [0.29, 0.717) is 5.95 Å². The summed E-state index contributed by atoms with van der Waals surface area (Å²) in [6.07, 6.45) is 2.18. The molecular weight excluding hydrogens is 204 g/mol. The van der Waals surface area contributed by atoms with E-state index >= 15 is 0 Å². The fourth-order valence-corrected chi connectivity index (χ4v) is 1.28. The van der Waals surface area contributed by atoms with Crippen LogP contribution in [0.25, 0.3) is 0 Å². The van der Waals surface area contributed by atoms with Crippen LogP contribution in [0.2, 0.25) is 0 Å². The highest BCUT2D eigenvalue weighted by Crippen LogP contribution is 2.25. The summed E-state index contributed by atoms with van der Waals surface area (Å²) in [6, 6.07) is 0. The predicted octanol–water partition coefficient (Wildman–Crippen LogP) is 1.27. The lowest BCUT2D eigenvalue weighted by Crippen LogP contribution is -2.26. The Morgan fingerprint density at radius 2 is 1.56 bits per heavy atom. The highest BCUT2D eigenvalue weighted by molar-refractivity contribution is 5.37. The van der Waals surface area contributed by atoms with Crippen molar-refractivity contribution < 1.29 is 0 Å². The molecule has 1 aromatic rings. The van der Waals surface area contributed by atoms with Gasteiger partial charge in [-0.05, 0) is 18.3 Å². The Kier molecular flexibility index (Phi) is 3.87.